The van der Waals surface area contributed by atoms with Gasteiger partial charge in [-0.2, -0.15) is 0 Å². The van der Waals surface area contributed by atoms with E-state index in [4.69, 9.17) is 13.9 Å². The van der Waals surface area contributed by atoms with Crippen LogP contribution in [-0.2, 0) is 19.1 Å². The van der Waals surface area contributed by atoms with E-state index in [0.29, 0.717) is 33.4 Å². The fraction of sp³-hybridized carbons (Fsp3) is 0.400. The van der Waals surface area contributed by atoms with Crippen molar-refractivity contribution in [2.45, 2.75) is 40.5 Å². The Kier molecular flexibility index (Phi) is 6.17. The van der Waals surface area contributed by atoms with Crippen LogP contribution in [0.25, 0.3) is 0 Å². The molecule has 0 saturated heterocycles. The zero-order valence-corrected chi connectivity index (χ0v) is 17.8. The molecule has 8 nitrogen and oxygen atoms in total. The number of aryl methyl sites for hydroxylation is 1. The maximum absolute atomic E-state index is 13.0. The predicted octanol–water partition coefficient (Wildman–Crippen LogP) is 3.72. The van der Waals surface area contributed by atoms with E-state index in [0.717, 1.165) is 5.01 Å². The fourth-order valence-electron chi connectivity index (χ4n) is 3.41. The normalized spacial score (nSPS) is 15.1. The predicted molar refractivity (Wildman–Crippen MR) is 107 cm³/mol. The SMILES string of the molecule is CCOC(=O)C1=C(C)N(c2nnc(C)s2)C(C)=C(C(=O)OCC)C1c1ccco1. The maximum atomic E-state index is 13.0. The molecule has 0 bridgehead atoms. The summed E-state index contributed by atoms with van der Waals surface area (Å²) in [6.07, 6.45) is 1.51. The molecule has 154 valence electrons. The van der Waals surface area contributed by atoms with E-state index in [9.17, 15) is 9.59 Å². The zero-order chi connectivity index (χ0) is 21.1. The maximum Gasteiger partial charge on any atom is 0.336 e. The summed E-state index contributed by atoms with van der Waals surface area (Å²) in [4.78, 5) is 27.7. The van der Waals surface area contributed by atoms with Crippen LogP contribution >= 0.6 is 11.3 Å². The first-order chi connectivity index (χ1) is 13.9. The molecule has 0 N–H and O–H groups in total. The van der Waals surface area contributed by atoms with Gasteiger partial charge in [-0.15, -0.1) is 10.2 Å². The third-order valence-corrected chi connectivity index (χ3v) is 5.38. The number of ether oxygens (including phenoxy) is 2. The van der Waals surface area contributed by atoms with Gasteiger partial charge in [-0.05, 0) is 46.8 Å². The standard InChI is InChI=1S/C20H23N3O5S/c1-6-26-18(24)15-11(3)23(20-22-21-13(5)29-20)12(4)16(19(25)27-7-2)17(15)14-9-8-10-28-14/h8-10,17H,6-7H2,1-5H3. The van der Waals surface area contributed by atoms with Gasteiger partial charge in [-0.25, -0.2) is 9.59 Å². The van der Waals surface area contributed by atoms with Crippen LogP contribution in [0, 0.1) is 6.92 Å². The molecule has 1 aliphatic heterocycles. The number of furan rings is 1. The molecule has 29 heavy (non-hydrogen) atoms. The van der Waals surface area contributed by atoms with E-state index < -0.39 is 17.9 Å². The van der Waals surface area contributed by atoms with E-state index in [2.05, 4.69) is 10.2 Å². The Balaban J connectivity index is 2.27. The molecule has 0 aromatic carbocycles. The summed E-state index contributed by atoms with van der Waals surface area (Å²) in [5.74, 6) is -1.32. The molecule has 3 rings (SSSR count). The van der Waals surface area contributed by atoms with Crippen molar-refractivity contribution in [3.05, 3.63) is 51.7 Å². The molecule has 0 radical (unpaired) electrons. The summed E-state index contributed by atoms with van der Waals surface area (Å²) in [7, 11) is 0. The molecule has 0 fully saturated rings. The highest BCUT2D eigenvalue weighted by Gasteiger charge is 2.43. The lowest BCUT2D eigenvalue weighted by atomic mass is 9.83. The number of esters is 2. The van der Waals surface area contributed by atoms with Crippen molar-refractivity contribution in [2.75, 3.05) is 18.1 Å². The second kappa shape index (κ2) is 8.60. The summed E-state index contributed by atoms with van der Waals surface area (Å²) in [5.41, 5.74) is 1.82. The first-order valence-corrected chi connectivity index (χ1v) is 10.1. The molecular formula is C20H23N3O5S. The summed E-state index contributed by atoms with van der Waals surface area (Å²) < 4.78 is 16.2. The largest absolute Gasteiger partial charge is 0.468 e. The van der Waals surface area contributed by atoms with Crippen LogP contribution < -0.4 is 4.90 Å². The number of hydrogen-bond donors (Lipinski definition) is 0. The van der Waals surface area contributed by atoms with Gasteiger partial charge >= 0.3 is 11.9 Å². The van der Waals surface area contributed by atoms with Crippen molar-refractivity contribution in [1.82, 2.24) is 10.2 Å². The van der Waals surface area contributed by atoms with Crippen molar-refractivity contribution >= 4 is 28.4 Å². The number of hydrogen-bond acceptors (Lipinski definition) is 9. The minimum Gasteiger partial charge on any atom is -0.468 e. The highest BCUT2D eigenvalue weighted by atomic mass is 32.1. The molecule has 0 aliphatic carbocycles. The lowest BCUT2D eigenvalue weighted by Gasteiger charge is -2.35. The van der Waals surface area contributed by atoms with Crippen LogP contribution in [0.5, 0.6) is 0 Å². The first-order valence-electron chi connectivity index (χ1n) is 9.30. The Morgan fingerprint density at radius 1 is 1.07 bits per heavy atom. The summed E-state index contributed by atoms with van der Waals surface area (Å²) >= 11 is 1.36. The van der Waals surface area contributed by atoms with Gasteiger partial charge in [-0.3, -0.25) is 4.90 Å². The molecule has 0 amide bonds. The average Bonchev–Trinajstić information content (AvgIpc) is 3.33. The van der Waals surface area contributed by atoms with Crippen LogP contribution in [-0.4, -0.2) is 35.3 Å². The Morgan fingerprint density at radius 2 is 1.66 bits per heavy atom. The van der Waals surface area contributed by atoms with E-state index in [1.807, 2.05) is 6.92 Å². The van der Waals surface area contributed by atoms with Gasteiger partial charge in [0.15, 0.2) is 0 Å². The van der Waals surface area contributed by atoms with Crippen LogP contribution in [0.15, 0.2) is 45.4 Å². The molecular weight excluding hydrogens is 394 g/mol. The molecule has 0 atom stereocenters. The van der Waals surface area contributed by atoms with Crippen LogP contribution in [0.2, 0.25) is 0 Å². The van der Waals surface area contributed by atoms with E-state index in [-0.39, 0.29) is 13.2 Å². The summed E-state index contributed by atoms with van der Waals surface area (Å²) in [6, 6.07) is 3.44. The Hall–Kier alpha value is -2.94. The molecule has 2 aromatic rings. The van der Waals surface area contributed by atoms with Gasteiger partial charge in [0.2, 0.25) is 5.13 Å². The van der Waals surface area contributed by atoms with Crippen molar-refractivity contribution in [3.63, 3.8) is 0 Å². The topological polar surface area (TPSA) is 94.8 Å². The van der Waals surface area contributed by atoms with E-state index in [1.54, 1.807) is 44.7 Å². The van der Waals surface area contributed by atoms with Gasteiger partial charge in [0.1, 0.15) is 10.8 Å². The van der Waals surface area contributed by atoms with E-state index in [1.165, 1.54) is 17.6 Å². The summed E-state index contributed by atoms with van der Waals surface area (Å²) in [5, 5.41) is 9.60. The first kappa shape index (κ1) is 20.8. The van der Waals surface area contributed by atoms with Gasteiger partial charge in [0.05, 0.1) is 36.5 Å². The van der Waals surface area contributed by atoms with Gasteiger partial charge in [0.25, 0.3) is 0 Å². The van der Waals surface area contributed by atoms with Crippen molar-refractivity contribution in [3.8, 4) is 0 Å². The number of allylic oxidation sites excluding steroid dienone is 2. The minimum absolute atomic E-state index is 0.204. The van der Waals surface area contributed by atoms with Crippen molar-refractivity contribution < 1.29 is 23.5 Å². The van der Waals surface area contributed by atoms with Gasteiger partial charge < -0.3 is 13.9 Å². The highest BCUT2D eigenvalue weighted by Crippen LogP contribution is 2.45. The number of carbonyl (C=O) groups excluding carboxylic acids is 2. The Morgan fingerprint density at radius 3 is 2.07 bits per heavy atom. The molecule has 1 aliphatic rings. The third kappa shape index (κ3) is 3.82. The third-order valence-electron chi connectivity index (χ3n) is 4.55. The summed E-state index contributed by atoms with van der Waals surface area (Å²) in [6.45, 7) is 9.31. The average molecular weight is 417 g/mol. The second-order valence-electron chi connectivity index (χ2n) is 6.33. The van der Waals surface area contributed by atoms with Crippen molar-refractivity contribution in [1.29, 1.82) is 0 Å². The minimum atomic E-state index is -0.742. The quantitative estimate of drug-likeness (QED) is 0.657. The molecule has 3 heterocycles. The number of rotatable bonds is 6. The van der Waals surface area contributed by atoms with Gasteiger partial charge in [-0.1, -0.05) is 11.3 Å². The van der Waals surface area contributed by atoms with Gasteiger partial charge in [0, 0.05) is 11.4 Å². The Labute approximate surface area is 172 Å². The lowest BCUT2D eigenvalue weighted by molar-refractivity contribution is -0.139. The number of aromatic nitrogens is 2. The molecule has 0 saturated carbocycles. The number of anilines is 1. The molecule has 9 heteroatoms. The number of carbonyl (C=O) groups is 2. The van der Waals surface area contributed by atoms with Crippen LogP contribution in [0.4, 0.5) is 5.13 Å². The number of nitrogens with zero attached hydrogens (tertiary/aromatic N) is 3. The van der Waals surface area contributed by atoms with Crippen molar-refractivity contribution in [2.24, 2.45) is 0 Å². The Bertz CT molecular complexity index is 932. The molecule has 0 unspecified atom stereocenters. The van der Waals surface area contributed by atoms with Crippen LogP contribution in [0.3, 0.4) is 0 Å². The monoisotopic (exact) mass is 417 g/mol. The smallest absolute Gasteiger partial charge is 0.336 e. The lowest BCUT2D eigenvalue weighted by Crippen LogP contribution is -2.35. The van der Waals surface area contributed by atoms with Crippen LogP contribution in [0.1, 0.15) is 44.4 Å². The zero-order valence-electron chi connectivity index (χ0n) is 17.0. The molecule has 2 aromatic heterocycles. The second-order valence-corrected chi connectivity index (χ2v) is 7.49. The fourth-order valence-corrected chi connectivity index (χ4v) is 4.20. The highest BCUT2D eigenvalue weighted by molar-refractivity contribution is 7.15. The van der Waals surface area contributed by atoms with E-state index >= 15 is 0 Å². The molecule has 0 spiro atoms.